The van der Waals surface area contributed by atoms with Gasteiger partial charge in [0.25, 0.3) is 0 Å². The van der Waals surface area contributed by atoms with Crippen LogP contribution in [0.4, 0.5) is 0 Å². The number of aryl methyl sites for hydroxylation is 1. The van der Waals surface area contributed by atoms with Gasteiger partial charge in [0.15, 0.2) is 0 Å². The maximum absolute atomic E-state index is 11.4. The highest BCUT2D eigenvalue weighted by Crippen LogP contribution is 2.26. The average molecular weight is 306 g/mol. The second-order valence-corrected chi connectivity index (χ2v) is 5.26. The summed E-state index contributed by atoms with van der Waals surface area (Å²) in [6, 6.07) is 7.43. The molecule has 0 fully saturated rings. The van der Waals surface area contributed by atoms with Gasteiger partial charge in [0.05, 0.1) is 7.11 Å². The van der Waals surface area contributed by atoms with E-state index in [-0.39, 0.29) is 10.6 Å². The summed E-state index contributed by atoms with van der Waals surface area (Å²) in [5, 5.41) is 9.44. The fourth-order valence-corrected chi connectivity index (χ4v) is 2.84. The van der Waals surface area contributed by atoms with Crippen LogP contribution in [-0.2, 0) is 5.75 Å². The van der Waals surface area contributed by atoms with Crippen LogP contribution in [0.1, 0.15) is 21.6 Å². The van der Waals surface area contributed by atoms with Gasteiger partial charge in [0, 0.05) is 11.4 Å². The number of rotatable bonds is 5. The van der Waals surface area contributed by atoms with E-state index in [4.69, 9.17) is 4.74 Å². The first-order chi connectivity index (χ1) is 10.0. The number of carboxylic acids is 1. The highest BCUT2D eigenvalue weighted by molar-refractivity contribution is 7.98. The number of ether oxygens (including phenoxy) is 1. The Balaban J connectivity index is 2.27. The molecule has 2 N–H and O–H groups in total. The SMILES string of the molecule is COc1cccc(CSc2nc(=O)[nH]c(C)c2C(=O)O)c1. The Morgan fingerprint density at radius 1 is 1.48 bits per heavy atom. The van der Waals surface area contributed by atoms with Gasteiger partial charge in [-0.3, -0.25) is 0 Å². The summed E-state index contributed by atoms with van der Waals surface area (Å²) in [6.45, 7) is 1.54. The molecule has 0 saturated carbocycles. The number of nitrogens with one attached hydrogen (secondary N) is 1. The maximum Gasteiger partial charge on any atom is 0.346 e. The van der Waals surface area contributed by atoms with E-state index >= 15 is 0 Å². The maximum atomic E-state index is 11.4. The zero-order valence-corrected chi connectivity index (χ0v) is 12.4. The zero-order valence-electron chi connectivity index (χ0n) is 11.5. The van der Waals surface area contributed by atoms with E-state index in [0.29, 0.717) is 11.4 Å². The molecule has 0 amide bonds. The summed E-state index contributed by atoms with van der Waals surface area (Å²) in [7, 11) is 1.58. The predicted molar refractivity (Wildman–Crippen MR) is 79.1 cm³/mol. The molecule has 1 aromatic heterocycles. The average Bonchev–Trinajstić information content (AvgIpc) is 2.44. The lowest BCUT2D eigenvalue weighted by molar-refractivity contribution is 0.0690. The van der Waals surface area contributed by atoms with Gasteiger partial charge in [-0.2, -0.15) is 4.98 Å². The molecular weight excluding hydrogens is 292 g/mol. The molecule has 0 unspecified atom stereocenters. The molecule has 2 aromatic rings. The van der Waals surface area contributed by atoms with Crippen LogP contribution < -0.4 is 10.4 Å². The molecule has 0 bridgehead atoms. The van der Waals surface area contributed by atoms with Gasteiger partial charge >= 0.3 is 11.7 Å². The van der Waals surface area contributed by atoms with Crippen molar-refractivity contribution >= 4 is 17.7 Å². The second-order valence-electron chi connectivity index (χ2n) is 4.29. The van der Waals surface area contributed by atoms with Gasteiger partial charge in [-0.15, -0.1) is 11.8 Å². The van der Waals surface area contributed by atoms with E-state index in [1.807, 2.05) is 24.3 Å². The van der Waals surface area contributed by atoms with Gasteiger partial charge in [0.1, 0.15) is 16.3 Å². The van der Waals surface area contributed by atoms with Crippen LogP contribution in [0.2, 0.25) is 0 Å². The summed E-state index contributed by atoms with van der Waals surface area (Å²) in [5.41, 5.74) is 0.735. The van der Waals surface area contributed by atoms with Crippen molar-refractivity contribution in [3.63, 3.8) is 0 Å². The number of benzene rings is 1. The third-order valence-corrected chi connectivity index (χ3v) is 3.86. The highest BCUT2D eigenvalue weighted by Gasteiger charge is 2.17. The number of hydrogen-bond acceptors (Lipinski definition) is 5. The van der Waals surface area contributed by atoms with Crippen molar-refractivity contribution in [3.8, 4) is 5.75 Å². The lowest BCUT2D eigenvalue weighted by atomic mass is 10.2. The van der Waals surface area contributed by atoms with Crippen LogP contribution in [-0.4, -0.2) is 28.2 Å². The lowest BCUT2D eigenvalue weighted by Gasteiger charge is -2.07. The predicted octanol–water partition coefficient (Wildman–Crippen LogP) is 2.08. The first-order valence-electron chi connectivity index (χ1n) is 6.11. The molecule has 0 aliphatic heterocycles. The van der Waals surface area contributed by atoms with Gasteiger partial charge in [-0.25, -0.2) is 9.59 Å². The Kier molecular flexibility index (Phi) is 4.64. The Morgan fingerprint density at radius 2 is 2.24 bits per heavy atom. The zero-order chi connectivity index (χ0) is 15.4. The van der Waals surface area contributed by atoms with E-state index in [1.54, 1.807) is 14.0 Å². The van der Waals surface area contributed by atoms with Crippen LogP contribution in [0.3, 0.4) is 0 Å². The first-order valence-corrected chi connectivity index (χ1v) is 7.09. The molecule has 2 rings (SSSR count). The quantitative estimate of drug-likeness (QED) is 0.649. The number of thioether (sulfide) groups is 1. The van der Waals surface area contributed by atoms with Gasteiger partial charge in [-0.05, 0) is 24.6 Å². The minimum Gasteiger partial charge on any atom is -0.497 e. The van der Waals surface area contributed by atoms with Crippen molar-refractivity contribution in [1.82, 2.24) is 9.97 Å². The van der Waals surface area contributed by atoms with E-state index in [1.165, 1.54) is 11.8 Å². The molecule has 110 valence electrons. The Labute approximate surface area is 125 Å². The molecule has 7 heteroatoms. The summed E-state index contributed by atoms with van der Waals surface area (Å²) in [5.74, 6) is 0.110. The van der Waals surface area contributed by atoms with E-state index in [2.05, 4.69) is 9.97 Å². The fourth-order valence-electron chi connectivity index (χ4n) is 1.83. The van der Waals surface area contributed by atoms with Crippen LogP contribution in [0.15, 0.2) is 34.1 Å². The standard InChI is InChI=1S/C14H14N2O4S/c1-8-11(13(17)18)12(16-14(19)15-8)21-7-9-4-3-5-10(6-9)20-2/h3-6H,7H2,1-2H3,(H,17,18)(H,15,16,19). The van der Waals surface area contributed by atoms with Gasteiger partial charge in [0.2, 0.25) is 0 Å². The number of H-pyrrole nitrogens is 1. The van der Waals surface area contributed by atoms with Crippen LogP contribution in [0.25, 0.3) is 0 Å². The highest BCUT2D eigenvalue weighted by atomic mass is 32.2. The normalized spacial score (nSPS) is 10.4. The van der Waals surface area contributed by atoms with E-state index in [9.17, 15) is 14.7 Å². The smallest absolute Gasteiger partial charge is 0.346 e. The van der Waals surface area contributed by atoms with Crippen molar-refractivity contribution in [2.45, 2.75) is 17.7 Å². The van der Waals surface area contributed by atoms with E-state index in [0.717, 1.165) is 11.3 Å². The van der Waals surface area contributed by atoms with Crippen LogP contribution >= 0.6 is 11.8 Å². The fraction of sp³-hybridized carbons (Fsp3) is 0.214. The molecule has 0 aliphatic rings. The molecule has 0 radical (unpaired) electrons. The minimum absolute atomic E-state index is 0.0301. The van der Waals surface area contributed by atoms with Crippen molar-refractivity contribution in [1.29, 1.82) is 0 Å². The number of aromatic amines is 1. The van der Waals surface area contributed by atoms with Crippen molar-refractivity contribution < 1.29 is 14.6 Å². The second kappa shape index (κ2) is 6.45. The molecular formula is C14H14N2O4S. The number of hydrogen-bond donors (Lipinski definition) is 2. The first kappa shape index (κ1) is 15.1. The molecule has 21 heavy (non-hydrogen) atoms. The Morgan fingerprint density at radius 3 is 2.90 bits per heavy atom. The summed E-state index contributed by atoms with van der Waals surface area (Å²) in [6.07, 6.45) is 0. The lowest BCUT2D eigenvalue weighted by Crippen LogP contribution is -2.18. The van der Waals surface area contributed by atoms with Crippen molar-refractivity contribution in [3.05, 3.63) is 51.6 Å². The van der Waals surface area contributed by atoms with Gasteiger partial charge < -0.3 is 14.8 Å². The number of nitrogens with zero attached hydrogens (tertiary/aromatic N) is 1. The molecule has 0 aliphatic carbocycles. The summed E-state index contributed by atoms with van der Waals surface area (Å²) in [4.78, 5) is 28.8. The van der Waals surface area contributed by atoms with Crippen LogP contribution in [0.5, 0.6) is 5.75 Å². The van der Waals surface area contributed by atoms with Crippen LogP contribution in [0, 0.1) is 6.92 Å². The molecule has 0 spiro atoms. The minimum atomic E-state index is -1.11. The summed E-state index contributed by atoms with van der Waals surface area (Å²) >= 11 is 1.21. The van der Waals surface area contributed by atoms with Crippen molar-refractivity contribution in [2.75, 3.05) is 7.11 Å². The topological polar surface area (TPSA) is 92.3 Å². The third kappa shape index (κ3) is 3.63. The van der Waals surface area contributed by atoms with Crippen molar-refractivity contribution in [2.24, 2.45) is 0 Å². The molecule has 0 atom stereocenters. The summed E-state index contributed by atoms with van der Waals surface area (Å²) < 4.78 is 5.13. The molecule has 6 nitrogen and oxygen atoms in total. The third-order valence-electron chi connectivity index (χ3n) is 2.81. The number of carbonyl (C=O) groups is 1. The number of aromatic carboxylic acids is 1. The Hall–Kier alpha value is -2.28. The van der Waals surface area contributed by atoms with Gasteiger partial charge in [-0.1, -0.05) is 12.1 Å². The monoisotopic (exact) mass is 306 g/mol. The number of methoxy groups -OCH3 is 1. The Bertz CT molecular complexity index is 727. The van der Waals surface area contributed by atoms with E-state index < -0.39 is 11.7 Å². The molecule has 0 saturated heterocycles. The molecule has 1 heterocycles. The largest absolute Gasteiger partial charge is 0.497 e. The number of aromatic nitrogens is 2. The number of carboxylic acid groups (broad SMARTS) is 1. The molecule has 1 aromatic carbocycles.